The minimum Gasteiger partial charge on any atom is -0.339 e. The summed E-state index contributed by atoms with van der Waals surface area (Å²) in [7, 11) is 0. The SMILES string of the molecule is CCNC(C)C(c1nc(C2CSCCS2)no1)C(C)C. The van der Waals surface area contributed by atoms with Gasteiger partial charge in [-0.1, -0.05) is 25.9 Å². The van der Waals surface area contributed by atoms with E-state index in [-0.39, 0.29) is 5.92 Å². The summed E-state index contributed by atoms with van der Waals surface area (Å²) in [6.45, 7) is 9.72. The third kappa shape index (κ3) is 3.92. The van der Waals surface area contributed by atoms with Crippen LogP contribution in [0.2, 0.25) is 0 Å². The third-order valence-electron chi connectivity index (χ3n) is 3.63. The molecule has 1 N–H and O–H groups in total. The van der Waals surface area contributed by atoms with Crippen molar-refractivity contribution in [2.24, 2.45) is 5.92 Å². The lowest BCUT2D eigenvalue weighted by atomic mass is 9.89. The van der Waals surface area contributed by atoms with Gasteiger partial charge in [0.1, 0.15) is 0 Å². The predicted molar refractivity (Wildman–Crippen MR) is 87.5 cm³/mol. The molecular formula is C14H25N3OS2. The van der Waals surface area contributed by atoms with Crippen LogP contribution in [0.3, 0.4) is 0 Å². The first-order chi connectivity index (χ1) is 9.63. The Morgan fingerprint density at radius 3 is 2.75 bits per heavy atom. The fourth-order valence-electron chi connectivity index (χ4n) is 2.68. The van der Waals surface area contributed by atoms with E-state index in [1.165, 1.54) is 11.5 Å². The maximum Gasteiger partial charge on any atom is 0.231 e. The van der Waals surface area contributed by atoms with Crippen LogP contribution in [0.25, 0.3) is 0 Å². The molecule has 0 spiro atoms. The molecule has 1 aromatic rings. The van der Waals surface area contributed by atoms with Gasteiger partial charge in [0, 0.05) is 23.3 Å². The molecule has 1 fully saturated rings. The average molecular weight is 316 g/mol. The number of hydrogen-bond acceptors (Lipinski definition) is 6. The fourth-order valence-corrected chi connectivity index (χ4v) is 5.26. The average Bonchev–Trinajstić information content (AvgIpc) is 2.89. The zero-order chi connectivity index (χ0) is 14.5. The van der Waals surface area contributed by atoms with Gasteiger partial charge in [-0.25, -0.2) is 0 Å². The summed E-state index contributed by atoms with van der Waals surface area (Å²) < 4.78 is 5.59. The van der Waals surface area contributed by atoms with E-state index in [0.717, 1.165) is 24.0 Å². The lowest BCUT2D eigenvalue weighted by Gasteiger charge is -2.24. The number of thioether (sulfide) groups is 2. The molecule has 0 saturated carbocycles. The highest BCUT2D eigenvalue weighted by atomic mass is 32.2. The zero-order valence-corrected chi connectivity index (χ0v) is 14.4. The molecule has 20 heavy (non-hydrogen) atoms. The van der Waals surface area contributed by atoms with E-state index in [1.54, 1.807) is 0 Å². The van der Waals surface area contributed by atoms with Gasteiger partial charge in [0.15, 0.2) is 5.82 Å². The Morgan fingerprint density at radius 2 is 2.15 bits per heavy atom. The van der Waals surface area contributed by atoms with E-state index in [4.69, 9.17) is 9.51 Å². The second-order valence-electron chi connectivity index (χ2n) is 5.54. The Kier molecular flexibility index (Phi) is 6.23. The molecule has 3 unspecified atom stereocenters. The van der Waals surface area contributed by atoms with Crippen molar-refractivity contribution < 1.29 is 4.52 Å². The van der Waals surface area contributed by atoms with E-state index < -0.39 is 0 Å². The molecule has 0 aromatic carbocycles. The standard InChI is InChI=1S/C14H25N3OS2/c1-5-15-10(4)12(9(2)3)14-16-13(17-18-14)11-8-19-6-7-20-11/h9-12,15H,5-8H2,1-4H3. The minimum absolute atomic E-state index is 0.275. The Balaban J connectivity index is 2.11. The Morgan fingerprint density at radius 1 is 1.35 bits per heavy atom. The molecule has 2 rings (SSSR count). The lowest BCUT2D eigenvalue weighted by Crippen LogP contribution is -2.34. The summed E-state index contributed by atoms with van der Waals surface area (Å²) in [4.78, 5) is 4.71. The van der Waals surface area contributed by atoms with Crippen LogP contribution in [0.1, 0.15) is 50.6 Å². The molecule has 6 heteroatoms. The Labute approximate surface area is 130 Å². The van der Waals surface area contributed by atoms with Crippen molar-refractivity contribution in [3.05, 3.63) is 11.7 Å². The van der Waals surface area contributed by atoms with Crippen molar-refractivity contribution in [1.82, 2.24) is 15.5 Å². The van der Waals surface area contributed by atoms with E-state index in [1.807, 2.05) is 23.5 Å². The molecule has 3 atom stereocenters. The van der Waals surface area contributed by atoms with Gasteiger partial charge in [-0.2, -0.15) is 16.7 Å². The van der Waals surface area contributed by atoms with Crippen molar-refractivity contribution in [3.63, 3.8) is 0 Å². The van der Waals surface area contributed by atoms with Gasteiger partial charge in [-0.05, 0) is 19.4 Å². The quantitative estimate of drug-likeness (QED) is 0.869. The molecule has 4 nitrogen and oxygen atoms in total. The lowest BCUT2D eigenvalue weighted by molar-refractivity contribution is 0.280. The summed E-state index contributed by atoms with van der Waals surface area (Å²) in [5.74, 6) is 5.94. The largest absolute Gasteiger partial charge is 0.339 e. The van der Waals surface area contributed by atoms with Crippen molar-refractivity contribution >= 4 is 23.5 Å². The highest BCUT2D eigenvalue weighted by Crippen LogP contribution is 2.36. The molecule has 1 saturated heterocycles. The summed E-state index contributed by atoms with van der Waals surface area (Å²) in [5.41, 5.74) is 0. The van der Waals surface area contributed by atoms with E-state index >= 15 is 0 Å². The first kappa shape index (κ1) is 16.2. The molecule has 114 valence electrons. The Bertz CT molecular complexity index is 405. The van der Waals surface area contributed by atoms with Gasteiger partial charge in [0.25, 0.3) is 0 Å². The number of nitrogens with zero attached hydrogens (tertiary/aromatic N) is 2. The number of nitrogens with one attached hydrogen (secondary N) is 1. The molecule has 0 amide bonds. The number of rotatable bonds is 6. The maximum atomic E-state index is 5.59. The molecule has 1 aliphatic heterocycles. The molecule has 0 aliphatic carbocycles. The van der Waals surface area contributed by atoms with Gasteiger partial charge in [-0.15, -0.1) is 11.8 Å². The van der Waals surface area contributed by atoms with Crippen LogP contribution in [-0.4, -0.2) is 40.0 Å². The minimum atomic E-state index is 0.275. The zero-order valence-electron chi connectivity index (χ0n) is 12.8. The van der Waals surface area contributed by atoms with Crippen LogP contribution < -0.4 is 5.32 Å². The second kappa shape index (κ2) is 7.71. The molecule has 0 radical (unpaired) electrons. The van der Waals surface area contributed by atoms with Gasteiger partial charge in [0.2, 0.25) is 5.89 Å². The first-order valence-electron chi connectivity index (χ1n) is 7.39. The summed E-state index contributed by atoms with van der Waals surface area (Å²) in [6.07, 6.45) is 0. The topological polar surface area (TPSA) is 51.0 Å². The molecule has 0 bridgehead atoms. The molecule has 2 heterocycles. The highest BCUT2D eigenvalue weighted by molar-refractivity contribution is 8.06. The third-order valence-corrected chi connectivity index (χ3v) is 6.38. The van der Waals surface area contributed by atoms with Crippen LogP contribution in [0.15, 0.2) is 4.52 Å². The van der Waals surface area contributed by atoms with Crippen molar-refractivity contribution in [1.29, 1.82) is 0 Å². The van der Waals surface area contributed by atoms with Crippen LogP contribution in [-0.2, 0) is 0 Å². The number of likely N-dealkylation sites (N-methyl/N-ethyl adjacent to an activating group) is 1. The summed E-state index contributed by atoms with van der Waals surface area (Å²) >= 11 is 3.93. The van der Waals surface area contributed by atoms with E-state index in [2.05, 4.69) is 38.2 Å². The second-order valence-corrected chi connectivity index (χ2v) is 8.00. The monoisotopic (exact) mass is 315 g/mol. The van der Waals surface area contributed by atoms with Crippen LogP contribution in [0.5, 0.6) is 0 Å². The van der Waals surface area contributed by atoms with Crippen LogP contribution >= 0.6 is 23.5 Å². The van der Waals surface area contributed by atoms with Crippen LogP contribution in [0.4, 0.5) is 0 Å². The molecule has 1 aliphatic rings. The van der Waals surface area contributed by atoms with Gasteiger partial charge < -0.3 is 9.84 Å². The number of aromatic nitrogens is 2. The first-order valence-corrected chi connectivity index (χ1v) is 9.60. The van der Waals surface area contributed by atoms with Crippen molar-refractivity contribution in [2.75, 3.05) is 23.8 Å². The van der Waals surface area contributed by atoms with Crippen LogP contribution in [0, 0.1) is 5.92 Å². The normalized spacial score (nSPS) is 22.9. The van der Waals surface area contributed by atoms with Gasteiger partial charge in [0.05, 0.1) is 11.2 Å². The van der Waals surface area contributed by atoms with Gasteiger partial charge in [-0.3, -0.25) is 0 Å². The Hall–Kier alpha value is -0.200. The van der Waals surface area contributed by atoms with E-state index in [9.17, 15) is 0 Å². The predicted octanol–water partition coefficient (Wildman–Crippen LogP) is 3.33. The summed E-state index contributed by atoms with van der Waals surface area (Å²) in [6, 6.07) is 0.349. The van der Waals surface area contributed by atoms with Gasteiger partial charge >= 0.3 is 0 Å². The molecular weight excluding hydrogens is 290 g/mol. The number of hydrogen-bond donors (Lipinski definition) is 1. The molecule has 1 aromatic heterocycles. The van der Waals surface area contributed by atoms with Crippen molar-refractivity contribution in [3.8, 4) is 0 Å². The fraction of sp³-hybridized carbons (Fsp3) is 0.857. The van der Waals surface area contributed by atoms with E-state index in [0.29, 0.717) is 17.2 Å². The maximum absolute atomic E-state index is 5.59. The summed E-state index contributed by atoms with van der Waals surface area (Å²) in [5, 5.41) is 8.11. The van der Waals surface area contributed by atoms with Crippen molar-refractivity contribution in [2.45, 2.75) is 44.9 Å². The smallest absolute Gasteiger partial charge is 0.231 e. The highest BCUT2D eigenvalue weighted by Gasteiger charge is 2.30.